The molecule has 2 heterocycles. The topological polar surface area (TPSA) is 74.0 Å². The molecule has 1 aromatic carbocycles. The lowest BCUT2D eigenvalue weighted by Crippen LogP contribution is -2.29. The van der Waals surface area contributed by atoms with Crippen molar-refractivity contribution in [2.24, 2.45) is 0 Å². The van der Waals surface area contributed by atoms with Gasteiger partial charge < -0.3 is 10.1 Å². The predicted molar refractivity (Wildman–Crippen MR) is 103 cm³/mol. The van der Waals surface area contributed by atoms with Crippen molar-refractivity contribution < 1.29 is 9.53 Å². The zero-order chi connectivity index (χ0) is 19.4. The van der Waals surface area contributed by atoms with Crippen LogP contribution in [0, 0.1) is 6.92 Å². The molecule has 1 amide bonds. The summed E-state index contributed by atoms with van der Waals surface area (Å²) in [6.07, 6.45) is 3.36. The van der Waals surface area contributed by atoms with Gasteiger partial charge in [0.15, 0.2) is 6.73 Å². The van der Waals surface area contributed by atoms with Crippen LogP contribution in [-0.2, 0) is 13.3 Å². The average molecular weight is 388 g/mol. The number of nitrogens with zero attached hydrogens (tertiary/aromatic N) is 4. The number of ether oxygens (including phenoxy) is 1. The highest BCUT2D eigenvalue weighted by Gasteiger charge is 2.19. The molecule has 2 aromatic heterocycles. The van der Waals surface area contributed by atoms with Gasteiger partial charge in [-0.2, -0.15) is 10.2 Å². The smallest absolute Gasteiger partial charge is 0.270 e. The van der Waals surface area contributed by atoms with Crippen LogP contribution >= 0.6 is 11.6 Å². The average Bonchev–Trinajstić information content (AvgIpc) is 3.27. The van der Waals surface area contributed by atoms with E-state index in [-0.39, 0.29) is 18.7 Å². The van der Waals surface area contributed by atoms with E-state index in [9.17, 15) is 4.79 Å². The monoisotopic (exact) mass is 387 g/mol. The molecule has 7 nitrogen and oxygen atoms in total. The van der Waals surface area contributed by atoms with E-state index in [0.29, 0.717) is 16.5 Å². The molecule has 8 heteroatoms. The molecule has 0 radical (unpaired) electrons. The molecule has 0 aliphatic heterocycles. The molecule has 3 rings (SSSR count). The van der Waals surface area contributed by atoms with Crippen LogP contribution in [0.5, 0.6) is 5.75 Å². The van der Waals surface area contributed by atoms with Crippen LogP contribution in [0.3, 0.4) is 0 Å². The van der Waals surface area contributed by atoms with E-state index in [1.54, 1.807) is 30.6 Å². The van der Waals surface area contributed by atoms with E-state index in [1.165, 1.54) is 4.68 Å². The first-order valence-corrected chi connectivity index (χ1v) is 9.11. The number of aryl methyl sites for hydroxylation is 1. The predicted octanol–water partition coefficient (Wildman–Crippen LogP) is 3.59. The molecule has 0 aliphatic carbocycles. The minimum atomic E-state index is -0.230. The van der Waals surface area contributed by atoms with Crippen molar-refractivity contribution in [3.63, 3.8) is 0 Å². The van der Waals surface area contributed by atoms with Gasteiger partial charge in [0.05, 0.1) is 17.3 Å². The molecule has 0 aliphatic rings. The van der Waals surface area contributed by atoms with Gasteiger partial charge >= 0.3 is 0 Å². The van der Waals surface area contributed by atoms with Gasteiger partial charge in [0.1, 0.15) is 11.4 Å². The van der Waals surface area contributed by atoms with Crippen molar-refractivity contribution in [2.45, 2.75) is 40.1 Å². The maximum absolute atomic E-state index is 12.7. The van der Waals surface area contributed by atoms with E-state index in [0.717, 1.165) is 17.8 Å². The Kier molecular flexibility index (Phi) is 5.81. The number of carbonyl (C=O) groups is 1. The molecule has 0 bridgehead atoms. The first-order valence-electron chi connectivity index (χ1n) is 8.73. The lowest BCUT2D eigenvalue weighted by molar-refractivity contribution is 0.0918. The first-order chi connectivity index (χ1) is 13.0. The van der Waals surface area contributed by atoms with Crippen molar-refractivity contribution in [2.75, 3.05) is 0 Å². The number of aromatic nitrogens is 4. The Morgan fingerprint density at radius 1 is 1.26 bits per heavy atom. The van der Waals surface area contributed by atoms with E-state index in [1.807, 2.05) is 37.6 Å². The molecule has 0 saturated heterocycles. The molecule has 1 N–H and O–H groups in total. The van der Waals surface area contributed by atoms with Crippen LogP contribution in [0.25, 0.3) is 0 Å². The van der Waals surface area contributed by atoms with Gasteiger partial charge in [0, 0.05) is 24.0 Å². The summed E-state index contributed by atoms with van der Waals surface area (Å²) in [5.74, 6) is 0.309. The Morgan fingerprint density at radius 2 is 2.04 bits per heavy atom. The number of benzene rings is 1. The standard InChI is InChI=1S/C19H22ClN5O2/c1-4-24-14(3)15(11-22-24)13(2)23-19(26)17-9-10-21-25(17)12-27-18-8-6-5-7-16(18)20/h5-11,13H,4,12H2,1-3H3,(H,23,26). The molecule has 0 spiro atoms. The molecule has 0 saturated carbocycles. The zero-order valence-corrected chi connectivity index (χ0v) is 16.3. The minimum Gasteiger partial charge on any atom is -0.470 e. The van der Waals surface area contributed by atoms with Crippen molar-refractivity contribution in [1.82, 2.24) is 24.9 Å². The van der Waals surface area contributed by atoms with E-state index in [4.69, 9.17) is 16.3 Å². The fourth-order valence-electron chi connectivity index (χ4n) is 2.87. The Bertz CT molecular complexity index is 934. The highest BCUT2D eigenvalue weighted by atomic mass is 35.5. The second-order valence-electron chi connectivity index (χ2n) is 6.12. The Morgan fingerprint density at radius 3 is 2.74 bits per heavy atom. The van der Waals surface area contributed by atoms with E-state index < -0.39 is 0 Å². The van der Waals surface area contributed by atoms with Gasteiger partial charge in [-0.25, -0.2) is 4.68 Å². The van der Waals surface area contributed by atoms with Gasteiger partial charge in [0.25, 0.3) is 5.91 Å². The van der Waals surface area contributed by atoms with Gasteiger partial charge in [-0.05, 0) is 39.0 Å². The summed E-state index contributed by atoms with van der Waals surface area (Å²) in [4.78, 5) is 12.7. The molecule has 3 aromatic rings. The van der Waals surface area contributed by atoms with Crippen molar-refractivity contribution in [1.29, 1.82) is 0 Å². The second-order valence-corrected chi connectivity index (χ2v) is 6.52. The molecular weight excluding hydrogens is 366 g/mol. The third kappa shape index (κ3) is 4.14. The Labute approximate surface area is 162 Å². The summed E-state index contributed by atoms with van der Waals surface area (Å²) < 4.78 is 9.07. The zero-order valence-electron chi connectivity index (χ0n) is 15.5. The lowest BCUT2D eigenvalue weighted by Gasteiger charge is -2.15. The molecular formula is C19H22ClN5O2. The van der Waals surface area contributed by atoms with Crippen LogP contribution in [0.2, 0.25) is 5.02 Å². The molecule has 27 heavy (non-hydrogen) atoms. The number of nitrogens with one attached hydrogen (secondary N) is 1. The second kappa shape index (κ2) is 8.26. The summed E-state index contributed by atoms with van der Waals surface area (Å²) in [5.41, 5.74) is 2.44. The normalized spacial score (nSPS) is 12.0. The summed E-state index contributed by atoms with van der Waals surface area (Å²) in [5, 5.41) is 12.0. The number of halogens is 1. The molecule has 1 unspecified atom stereocenters. The highest BCUT2D eigenvalue weighted by Crippen LogP contribution is 2.23. The number of amides is 1. The summed E-state index contributed by atoms with van der Waals surface area (Å²) >= 11 is 6.09. The molecule has 142 valence electrons. The van der Waals surface area contributed by atoms with Crippen LogP contribution in [-0.4, -0.2) is 25.5 Å². The van der Waals surface area contributed by atoms with Crippen LogP contribution in [0.15, 0.2) is 42.7 Å². The SMILES string of the molecule is CCn1ncc(C(C)NC(=O)c2ccnn2COc2ccccc2Cl)c1C. The Hall–Kier alpha value is -2.80. The van der Waals surface area contributed by atoms with Crippen molar-refractivity contribution in [3.05, 3.63) is 64.7 Å². The number of para-hydroxylation sites is 1. The van der Waals surface area contributed by atoms with Gasteiger partial charge in [-0.15, -0.1) is 0 Å². The number of rotatable bonds is 7. The Balaban J connectivity index is 1.68. The van der Waals surface area contributed by atoms with Crippen molar-refractivity contribution >= 4 is 17.5 Å². The maximum Gasteiger partial charge on any atom is 0.270 e. The van der Waals surface area contributed by atoms with Crippen LogP contribution in [0.1, 0.15) is 41.6 Å². The van der Waals surface area contributed by atoms with E-state index in [2.05, 4.69) is 15.5 Å². The lowest BCUT2D eigenvalue weighted by atomic mass is 10.1. The largest absolute Gasteiger partial charge is 0.470 e. The number of carbonyl (C=O) groups excluding carboxylic acids is 1. The molecule has 1 atom stereocenters. The summed E-state index contributed by atoms with van der Waals surface area (Å²) in [6, 6.07) is 8.64. The third-order valence-corrected chi connectivity index (χ3v) is 4.70. The third-order valence-electron chi connectivity index (χ3n) is 4.38. The van der Waals surface area contributed by atoms with Gasteiger partial charge in [-0.1, -0.05) is 23.7 Å². The fraction of sp³-hybridized carbons (Fsp3) is 0.316. The van der Waals surface area contributed by atoms with E-state index >= 15 is 0 Å². The summed E-state index contributed by atoms with van der Waals surface area (Å²) in [7, 11) is 0. The number of hydrogen-bond acceptors (Lipinski definition) is 4. The highest BCUT2D eigenvalue weighted by molar-refractivity contribution is 6.32. The quantitative estimate of drug-likeness (QED) is 0.672. The minimum absolute atomic E-state index is 0.0840. The van der Waals surface area contributed by atoms with Crippen molar-refractivity contribution in [3.8, 4) is 5.75 Å². The first kappa shape index (κ1) is 19.0. The number of hydrogen-bond donors (Lipinski definition) is 1. The van der Waals surface area contributed by atoms with Crippen LogP contribution < -0.4 is 10.1 Å². The summed E-state index contributed by atoms with van der Waals surface area (Å²) in [6.45, 7) is 6.84. The maximum atomic E-state index is 12.7. The fourth-order valence-corrected chi connectivity index (χ4v) is 3.06. The van der Waals surface area contributed by atoms with Gasteiger partial charge in [0.2, 0.25) is 0 Å². The van der Waals surface area contributed by atoms with Crippen LogP contribution in [0.4, 0.5) is 0 Å². The van der Waals surface area contributed by atoms with Gasteiger partial charge in [-0.3, -0.25) is 9.48 Å². The molecule has 0 fully saturated rings.